The highest BCUT2D eigenvalue weighted by Gasteiger charge is 2.53. The number of aromatic nitrogens is 4. The first-order valence-corrected chi connectivity index (χ1v) is 11.7. The van der Waals surface area contributed by atoms with Crippen molar-refractivity contribution >= 4 is 17.2 Å². The van der Waals surface area contributed by atoms with E-state index in [1.165, 1.54) is 20.3 Å². The molecule has 1 aromatic heterocycles. The summed E-state index contributed by atoms with van der Waals surface area (Å²) in [7, 11) is 2.99. The third-order valence-corrected chi connectivity index (χ3v) is 6.52. The van der Waals surface area contributed by atoms with Crippen molar-refractivity contribution in [3.8, 4) is 11.4 Å². The second-order valence-electron chi connectivity index (χ2n) is 8.91. The van der Waals surface area contributed by atoms with Gasteiger partial charge in [0.25, 0.3) is 0 Å². The number of allylic oxidation sites excluding steroid dienone is 3. The number of tetrazole rings is 1. The van der Waals surface area contributed by atoms with E-state index < -0.39 is 28.9 Å². The maximum absolute atomic E-state index is 14.7. The lowest BCUT2D eigenvalue weighted by Crippen LogP contribution is -2.29. The van der Waals surface area contributed by atoms with Gasteiger partial charge in [-0.2, -0.15) is 13.2 Å². The molecule has 2 aromatic carbocycles. The largest absolute Gasteiger partial charge is 0.493 e. The van der Waals surface area contributed by atoms with Crippen molar-refractivity contribution in [1.29, 1.82) is 0 Å². The third kappa shape index (κ3) is 5.54. The predicted molar refractivity (Wildman–Crippen MR) is 135 cm³/mol. The molecule has 1 fully saturated rings. The Kier molecular flexibility index (Phi) is 7.57. The van der Waals surface area contributed by atoms with Gasteiger partial charge in [-0.1, -0.05) is 18.7 Å². The fourth-order valence-electron chi connectivity index (χ4n) is 4.30. The molecule has 0 spiro atoms. The van der Waals surface area contributed by atoms with Crippen molar-refractivity contribution in [3.05, 3.63) is 89.2 Å². The van der Waals surface area contributed by atoms with Gasteiger partial charge in [0.1, 0.15) is 5.82 Å². The minimum atomic E-state index is -4.69. The maximum atomic E-state index is 14.7. The van der Waals surface area contributed by atoms with Gasteiger partial charge in [-0.05, 0) is 77.7 Å². The van der Waals surface area contributed by atoms with Gasteiger partial charge < -0.3 is 14.8 Å². The lowest BCUT2D eigenvalue weighted by molar-refractivity contribution is -0.137. The van der Waals surface area contributed by atoms with Gasteiger partial charge in [0.15, 0.2) is 17.3 Å². The van der Waals surface area contributed by atoms with Crippen LogP contribution in [0.2, 0.25) is 0 Å². The highest BCUT2D eigenvalue weighted by atomic mass is 19.4. The summed E-state index contributed by atoms with van der Waals surface area (Å²) in [6.45, 7) is 5.54. The van der Waals surface area contributed by atoms with Gasteiger partial charge in [0.05, 0.1) is 25.2 Å². The normalized spacial score (nSPS) is 15.3. The zero-order valence-electron chi connectivity index (χ0n) is 21.3. The SMILES string of the molecule is C=C/C(OC)=C(\C=C(/C)c1ccc(NC(=O)C2(c3ccc(C(F)(F)F)cc3F)CC2)cc1-c1nnn[nH]1)OC. The summed E-state index contributed by atoms with van der Waals surface area (Å²) in [5.74, 6) is -0.420. The smallest absolute Gasteiger partial charge is 0.416 e. The number of amides is 1. The number of carbonyl (C=O) groups excluding carboxylic acids is 1. The predicted octanol–water partition coefficient (Wildman–Crippen LogP) is 5.79. The second-order valence-corrected chi connectivity index (χ2v) is 8.91. The number of hydrogen-bond acceptors (Lipinski definition) is 6. The van der Waals surface area contributed by atoms with Crippen LogP contribution in [0.1, 0.15) is 36.5 Å². The molecular weight excluding hydrogens is 518 g/mol. The molecule has 1 amide bonds. The number of hydrogen-bond donors (Lipinski definition) is 2. The molecule has 0 unspecified atom stereocenters. The van der Waals surface area contributed by atoms with Crippen LogP contribution in [0.15, 0.2) is 66.6 Å². The van der Waals surface area contributed by atoms with E-state index in [1.807, 2.05) is 6.92 Å². The average molecular weight is 544 g/mol. The highest BCUT2D eigenvalue weighted by molar-refractivity contribution is 6.02. The first-order valence-electron chi connectivity index (χ1n) is 11.7. The number of ether oxygens (including phenoxy) is 2. The van der Waals surface area contributed by atoms with Crippen LogP contribution in [0.4, 0.5) is 23.2 Å². The van der Waals surface area contributed by atoms with Crippen LogP contribution in [0.3, 0.4) is 0 Å². The first kappa shape index (κ1) is 27.6. The molecule has 1 aliphatic rings. The fourth-order valence-corrected chi connectivity index (χ4v) is 4.30. The monoisotopic (exact) mass is 543 g/mol. The Morgan fingerprint density at radius 3 is 2.38 bits per heavy atom. The number of nitrogens with zero attached hydrogens (tertiary/aromatic N) is 3. The molecule has 204 valence electrons. The number of methoxy groups -OCH3 is 2. The van der Waals surface area contributed by atoms with E-state index in [0.717, 1.165) is 17.7 Å². The first-order chi connectivity index (χ1) is 18.5. The Labute approximate surface area is 221 Å². The Hall–Kier alpha value is -4.48. The highest BCUT2D eigenvalue weighted by Crippen LogP contribution is 2.50. The number of halogens is 4. The zero-order chi connectivity index (χ0) is 28.4. The van der Waals surface area contributed by atoms with E-state index in [4.69, 9.17) is 9.47 Å². The van der Waals surface area contributed by atoms with Crippen molar-refractivity contribution in [3.63, 3.8) is 0 Å². The Morgan fingerprint density at radius 2 is 1.85 bits per heavy atom. The van der Waals surface area contributed by atoms with Crippen LogP contribution in [-0.4, -0.2) is 40.8 Å². The molecule has 8 nitrogen and oxygen atoms in total. The number of nitrogens with one attached hydrogen (secondary N) is 2. The van der Waals surface area contributed by atoms with Gasteiger partial charge in [0.2, 0.25) is 5.91 Å². The number of aromatic amines is 1. The van der Waals surface area contributed by atoms with Crippen molar-refractivity contribution in [2.24, 2.45) is 0 Å². The van der Waals surface area contributed by atoms with Gasteiger partial charge in [0, 0.05) is 16.8 Å². The number of benzene rings is 2. The topological polar surface area (TPSA) is 102 Å². The average Bonchev–Trinajstić information content (AvgIpc) is 3.53. The van der Waals surface area contributed by atoms with E-state index in [2.05, 4.69) is 32.5 Å². The van der Waals surface area contributed by atoms with Crippen LogP contribution in [0, 0.1) is 5.82 Å². The molecular formula is C27H25F4N5O3. The van der Waals surface area contributed by atoms with Gasteiger partial charge in [-0.15, -0.1) is 5.10 Å². The quantitative estimate of drug-likeness (QED) is 0.201. The van der Waals surface area contributed by atoms with Crippen molar-refractivity contribution in [1.82, 2.24) is 20.6 Å². The number of alkyl halides is 3. The standard InChI is InChI=1S/C27H25F4N5O3/c1-5-22(38-3)23(39-4)12-15(2)18-8-7-17(14-19(18)24-33-35-36-34-24)32-25(37)26(10-11-26)20-9-6-16(13-21(20)28)27(29,30)31/h5-9,12-14H,1,10-11H2,2-4H3,(H,32,37)(H,33,34,35,36)/b15-12+,23-22-. The number of anilines is 1. The van der Waals surface area contributed by atoms with Crippen LogP contribution in [0.5, 0.6) is 0 Å². The van der Waals surface area contributed by atoms with Crippen LogP contribution in [-0.2, 0) is 25.9 Å². The summed E-state index contributed by atoms with van der Waals surface area (Å²) < 4.78 is 64.4. The molecule has 0 saturated heterocycles. The van der Waals surface area contributed by atoms with Gasteiger partial charge in [-0.25, -0.2) is 9.49 Å². The molecule has 0 atom stereocenters. The van der Waals surface area contributed by atoms with E-state index in [0.29, 0.717) is 53.1 Å². The molecule has 0 aliphatic heterocycles. The molecule has 12 heteroatoms. The summed E-state index contributed by atoms with van der Waals surface area (Å²) in [5, 5.41) is 16.7. The minimum absolute atomic E-state index is 0.0712. The molecule has 3 aromatic rings. The van der Waals surface area contributed by atoms with Gasteiger partial charge in [-0.3, -0.25) is 4.79 Å². The summed E-state index contributed by atoms with van der Waals surface area (Å²) in [6.07, 6.45) is -0.826. The summed E-state index contributed by atoms with van der Waals surface area (Å²) in [6, 6.07) is 7.28. The van der Waals surface area contributed by atoms with Crippen molar-refractivity contribution in [2.45, 2.75) is 31.4 Å². The van der Waals surface area contributed by atoms with E-state index >= 15 is 0 Å². The molecule has 1 heterocycles. The van der Waals surface area contributed by atoms with E-state index in [1.54, 1.807) is 24.3 Å². The zero-order valence-corrected chi connectivity index (χ0v) is 21.3. The fraction of sp³-hybridized carbons (Fsp3) is 0.259. The van der Waals surface area contributed by atoms with E-state index in [9.17, 15) is 22.4 Å². The Balaban J connectivity index is 1.67. The van der Waals surface area contributed by atoms with Gasteiger partial charge >= 0.3 is 6.18 Å². The van der Waals surface area contributed by atoms with Crippen LogP contribution < -0.4 is 5.32 Å². The lowest BCUT2D eigenvalue weighted by Gasteiger charge is -2.19. The molecule has 2 N–H and O–H groups in total. The molecule has 39 heavy (non-hydrogen) atoms. The second kappa shape index (κ2) is 10.7. The number of rotatable bonds is 9. The number of H-pyrrole nitrogens is 1. The molecule has 1 saturated carbocycles. The molecule has 0 bridgehead atoms. The summed E-state index contributed by atoms with van der Waals surface area (Å²) in [4.78, 5) is 13.3. The molecule has 4 rings (SSSR count). The Bertz CT molecular complexity index is 1460. The lowest BCUT2D eigenvalue weighted by atomic mass is 9.92. The van der Waals surface area contributed by atoms with Crippen molar-refractivity contribution in [2.75, 3.05) is 19.5 Å². The number of carbonyl (C=O) groups is 1. The van der Waals surface area contributed by atoms with Crippen molar-refractivity contribution < 1.29 is 31.8 Å². The summed E-state index contributed by atoms with van der Waals surface area (Å²) in [5.41, 5.74) is -0.0678. The van der Waals surface area contributed by atoms with Crippen LogP contribution >= 0.6 is 0 Å². The summed E-state index contributed by atoms with van der Waals surface area (Å²) >= 11 is 0. The minimum Gasteiger partial charge on any atom is -0.493 e. The maximum Gasteiger partial charge on any atom is 0.416 e. The third-order valence-electron chi connectivity index (χ3n) is 6.52. The Morgan fingerprint density at radius 1 is 1.13 bits per heavy atom. The molecule has 0 radical (unpaired) electrons. The van der Waals surface area contributed by atoms with Crippen LogP contribution in [0.25, 0.3) is 17.0 Å². The molecule has 1 aliphatic carbocycles. The van der Waals surface area contributed by atoms with E-state index in [-0.39, 0.29) is 5.56 Å².